The number of ether oxygens (including phenoxy) is 2. The Morgan fingerprint density at radius 1 is 0.923 bits per heavy atom. The number of nitro benzene ring substituents is 2. The molecule has 1 fully saturated rings. The number of carbonyl (C=O) groups excluding carboxylic acids is 2. The number of non-ortho nitro benzene ring substituents is 2. The third-order valence-corrected chi connectivity index (χ3v) is 7.23. The van der Waals surface area contributed by atoms with Gasteiger partial charge in [0.05, 0.1) is 31.5 Å². The summed E-state index contributed by atoms with van der Waals surface area (Å²) in [5.41, 5.74) is 1.88. The maximum atomic E-state index is 13.0. The van der Waals surface area contributed by atoms with Crippen molar-refractivity contribution >= 4 is 62.9 Å². The van der Waals surface area contributed by atoms with Crippen LogP contribution in [0, 0.1) is 23.8 Å². The molecule has 3 aromatic rings. The van der Waals surface area contributed by atoms with Crippen LogP contribution in [0.2, 0.25) is 0 Å². The molecule has 1 aliphatic heterocycles. The fourth-order valence-corrected chi connectivity index (χ4v) is 5.26. The Morgan fingerprint density at radius 2 is 1.51 bits per heavy atom. The highest BCUT2D eigenvalue weighted by Crippen LogP contribution is 2.38. The second-order valence-corrected chi connectivity index (χ2v) is 10.3. The van der Waals surface area contributed by atoms with Crippen LogP contribution in [0.15, 0.2) is 65.6 Å². The molecule has 4 rings (SSSR count). The number of nitrogens with zero attached hydrogens (tertiary/aromatic N) is 3. The predicted molar refractivity (Wildman–Crippen MR) is 152 cm³/mol. The van der Waals surface area contributed by atoms with Gasteiger partial charge in [-0.05, 0) is 88.3 Å². The van der Waals surface area contributed by atoms with E-state index in [1.165, 1.54) is 36.4 Å². The quantitative estimate of drug-likeness (QED) is 0.106. The summed E-state index contributed by atoms with van der Waals surface area (Å²) in [5, 5.41) is 21.3. The van der Waals surface area contributed by atoms with E-state index in [4.69, 9.17) is 9.47 Å². The first-order valence-corrected chi connectivity index (χ1v) is 13.4. The highest BCUT2D eigenvalue weighted by molar-refractivity contribution is 14.1. The van der Waals surface area contributed by atoms with Crippen LogP contribution in [0.3, 0.4) is 0 Å². The molecule has 0 atom stereocenters. The molecule has 11 nitrogen and oxygen atoms in total. The summed E-state index contributed by atoms with van der Waals surface area (Å²) in [5.74, 6) is 0.469. The molecule has 1 saturated heterocycles. The molecule has 0 saturated carbocycles. The maximum Gasteiger partial charge on any atom is 0.293 e. The van der Waals surface area contributed by atoms with Gasteiger partial charge in [-0.25, -0.2) is 0 Å². The molecule has 0 radical (unpaired) electrons. The Balaban J connectivity index is 1.51. The van der Waals surface area contributed by atoms with Gasteiger partial charge in [0.2, 0.25) is 0 Å². The summed E-state index contributed by atoms with van der Waals surface area (Å²) in [6.07, 6.45) is 1.60. The van der Waals surface area contributed by atoms with Crippen molar-refractivity contribution in [3.05, 3.63) is 106 Å². The highest BCUT2D eigenvalue weighted by Gasteiger charge is 2.35. The van der Waals surface area contributed by atoms with E-state index in [1.807, 2.05) is 6.92 Å². The van der Waals surface area contributed by atoms with E-state index < -0.39 is 21.0 Å². The van der Waals surface area contributed by atoms with Crippen molar-refractivity contribution in [2.75, 3.05) is 6.61 Å². The van der Waals surface area contributed by atoms with E-state index in [9.17, 15) is 29.8 Å². The fourth-order valence-electron chi connectivity index (χ4n) is 3.64. The zero-order valence-corrected chi connectivity index (χ0v) is 23.3. The molecule has 13 heteroatoms. The van der Waals surface area contributed by atoms with Gasteiger partial charge >= 0.3 is 0 Å². The lowest BCUT2D eigenvalue weighted by molar-refractivity contribution is -0.385. The summed E-state index contributed by atoms with van der Waals surface area (Å²) in [6.45, 7) is 2.34. The van der Waals surface area contributed by atoms with Crippen molar-refractivity contribution in [3.63, 3.8) is 0 Å². The van der Waals surface area contributed by atoms with Crippen LogP contribution in [0.25, 0.3) is 6.08 Å². The summed E-state index contributed by atoms with van der Waals surface area (Å²) in [6, 6.07) is 15.2. The molecule has 0 N–H and O–H groups in total. The smallest absolute Gasteiger partial charge is 0.293 e. The lowest BCUT2D eigenvalue weighted by Crippen LogP contribution is -2.27. The molecular formula is C26H20IN3O8S. The van der Waals surface area contributed by atoms with E-state index in [1.54, 1.807) is 30.3 Å². The molecule has 0 aliphatic carbocycles. The minimum absolute atomic E-state index is 0.00282. The van der Waals surface area contributed by atoms with E-state index in [0.29, 0.717) is 32.8 Å². The van der Waals surface area contributed by atoms with Crippen LogP contribution < -0.4 is 9.47 Å². The molecule has 0 unspecified atom stereocenters. The van der Waals surface area contributed by atoms with Crippen molar-refractivity contribution in [2.45, 2.75) is 20.1 Å². The lowest BCUT2D eigenvalue weighted by atomic mass is 10.1. The Hall–Kier alpha value is -3.98. The molecule has 39 heavy (non-hydrogen) atoms. The standard InChI is InChI=1S/C26H20IN3O8S/c1-2-37-22-12-18(11-21(27)24(22)38-15-17-5-9-20(10-6-17)30(35)36)13-23-25(31)28(26(32)39-23)14-16-3-7-19(8-4-16)29(33)34/h3-13H,2,14-15H2,1H3/b23-13-. The SMILES string of the molecule is CCOc1cc(/C=C2\SC(=O)N(Cc3ccc([N+](=O)[O-])cc3)C2=O)cc(I)c1OCc1ccc([N+](=O)[O-])cc1. The van der Waals surface area contributed by atoms with Gasteiger partial charge < -0.3 is 9.47 Å². The van der Waals surface area contributed by atoms with Gasteiger partial charge in [0.1, 0.15) is 6.61 Å². The molecule has 0 aromatic heterocycles. The topological polar surface area (TPSA) is 142 Å². The Kier molecular flexibility index (Phi) is 8.81. The molecule has 3 aromatic carbocycles. The first-order valence-electron chi connectivity index (χ1n) is 11.5. The van der Waals surface area contributed by atoms with Gasteiger partial charge in [0, 0.05) is 24.3 Å². The zero-order valence-electron chi connectivity index (χ0n) is 20.4. The number of nitro groups is 2. The highest BCUT2D eigenvalue weighted by atomic mass is 127. The summed E-state index contributed by atoms with van der Waals surface area (Å²) in [4.78, 5) is 47.6. The second-order valence-electron chi connectivity index (χ2n) is 8.17. The molecule has 1 heterocycles. The van der Waals surface area contributed by atoms with Crippen LogP contribution in [-0.4, -0.2) is 32.5 Å². The van der Waals surface area contributed by atoms with Crippen molar-refractivity contribution in [2.24, 2.45) is 0 Å². The van der Waals surface area contributed by atoms with Crippen molar-refractivity contribution in [1.82, 2.24) is 4.90 Å². The van der Waals surface area contributed by atoms with Crippen LogP contribution in [0.5, 0.6) is 11.5 Å². The number of rotatable bonds is 10. The minimum atomic E-state index is -0.517. The van der Waals surface area contributed by atoms with Gasteiger partial charge in [0.15, 0.2) is 11.5 Å². The number of carbonyl (C=O) groups is 2. The molecular weight excluding hydrogens is 641 g/mol. The van der Waals surface area contributed by atoms with Crippen molar-refractivity contribution < 1.29 is 28.9 Å². The van der Waals surface area contributed by atoms with Gasteiger partial charge in [-0.1, -0.05) is 12.1 Å². The predicted octanol–water partition coefficient (Wildman–Crippen LogP) is 6.32. The maximum absolute atomic E-state index is 13.0. The number of imide groups is 1. The minimum Gasteiger partial charge on any atom is -0.490 e. The van der Waals surface area contributed by atoms with E-state index >= 15 is 0 Å². The monoisotopic (exact) mass is 661 g/mol. The normalized spacial score (nSPS) is 14.1. The third kappa shape index (κ3) is 6.72. The fraction of sp³-hybridized carbons (Fsp3) is 0.154. The van der Waals surface area contributed by atoms with Gasteiger partial charge in [-0.15, -0.1) is 0 Å². The number of hydrogen-bond donors (Lipinski definition) is 0. The van der Waals surface area contributed by atoms with Gasteiger partial charge in [0.25, 0.3) is 22.5 Å². The summed E-state index contributed by atoms with van der Waals surface area (Å²) >= 11 is 2.90. The van der Waals surface area contributed by atoms with E-state index in [-0.39, 0.29) is 29.4 Å². The molecule has 2 amide bonds. The van der Waals surface area contributed by atoms with Crippen molar-refractivity contribution in [1.29, 1.82) is 0 Å². The Bertz CT molecular complexity index is 1480. The largest absolute Gasteiger partial charge is 0.490 e. The number of amides is 2. The van der Waals surface area contributed by atoms with Gasteiger partial charge in [-0.3, -0.25) is 34.7 Å². The average Bonchev–Trinajstić information content (AvgIpc) is 3.16. The summed E-state index contributed by atoms with van der Waals surface area (Å²) < 4.78 is 12.5. The first kappa shape index (κ1) is 28.0. The van der Waals surface area contributed by atoms with E-state index in [0.717, 1.165) is 22.2 Å². The molecule has 200 valence electrons. The van der Waals surface area contributed by atoms with Gasteiger partial charge in [-0.2, -0.15) is 0 Å². The van der Waals surface area contributed by atoms with Crippen molar-refractivity contribution in [3.8, 4) is 11.5 Å². The summed E-state index contributed by atoms with van der Waals surface area (Å²) in [7, 11) is 0. The number of thioether (sulfide) groups is 1. The van der Waals surface area contributed by atoms with Crippen LogP contribution in [0.1, 0.15) is 23.6 Å². The third-order valence-electron chi connectivity index (χ3n) is 5.52. The van der Waals surface area contributed by atoms with E-state index in [2.05, 4.69) is 22.6 Å². The Morgan fingerprint density at radius 3 is 2.08 bits per heavy atom. The molecule has 1 aliphatic rings. The first-order chi connectivity index (χ1) is 18.7. The lowest BCUT2D eigenvalue weighted by Gasteiger charge is -2.15. The molecule has 0 spiro atoms. The average molecular weight is 661 g/mol. The molecule has 0 bridgehead atoms. The van der Waals surface area contributed by atoms with Crippen LogP contribution >= 0.6 is 34.4 Å². The number of benzene rings is 3. The number of hydrogen-bond acceptors (Lipinski definition) is 9. The Labute approximate surface area is 240 Å². The number of halogens is 1. The van der Waals surface area contributed by atoms with Crippen LogP contribution in [-0.2, 0) is 17.9 Å². The second kappa shape index (κ2) is 12.3. The zero-order chi connectivity index (χ0) is 28.1. The van der Waals surface area contributed by atoms with Crippen LogP contribution in [0.4, 0.5) is 16.2 Å².